The summed E-state index contributed by atoms with van der Waals surface area (Å²) in [6, 6.07) is 6.35. The highest BCUT2D eigenvalue weighted by atomic mass is 35.5. The van der Waals surface area contributed by atoms with Crippen LogP contribution in [0.5, 0.6) is 0 Å². The maximum absolute atomic E-state index is 13.4. The number of nitrogens with two attached hydrogens (primary N) is 1. The molecule has 0 amide bonds. The van der Waals surface area contributed by atoms with Gasteiger partial charge in [0.15, 0.2) is 0 Å². The van der Waals surface area contributed by atoms with Gasteiger partial charge in [-0.2, -0.15) is 5.10 Å². The van der Waals surface area contributed by atoms with Crippen molar-refractivity contribution in [3.05, 3.63) is 47.0 Å². The van der Waals surface area contributed by atoms with Crippen molar-refractivity contribution in [2.24, 2.45) is 12.8 Å². The van der Waals surface area contributed by atoms with Crippen LogP contribution < -0.4 is 5.73 Å². The molecule has 0 saturated carbocycles. The molecule has 0 fully saturated rings. The lowest BCUT2D eigenvalue weighted by Crippen LogP contribution is -2.17. The first-order valence-electron chi connectivity index (χ1n) is 5.40. The molecule has 0 aliphatic rings. The van der Waals surface area contributed by atoms with Crippen LogP contribution >= 0.6 is 23.4 Å². The van der Waals surface area contributed by atoms with E-state index in [1.165, 1.54) is 17.8 Å². The Morgan fingerprint density at radius 2 is 2.22 bits per heavy atom. The summed E-state index contributed by atoms with van der Waals surface area (Å²) in [6.07, 6.45) is 1.56. The van der Waals surface area contributed by atoms with Gasteiger partial charge >= 0.3 is 0 Å². The van der Waals surface area contributed by atoms with E-state index < -0.39 is 0 Å². The van der Waals surface area contributed by atoms with Gasteiger partial charge in [0.05, 0.1) is 23.0 Å². The molecule has 0 saturated heterocycles. The number of rotatable bonds is 4. The van der Waals surface area contributed by atoms with Crippen LogP contribution in [0.4, 0.5) is 4.39 Å². The van der Waals surface area contributed by atoms with Gasteiger partial charge in [-0.3, -0.25) is 4.68 Å². The van der Waals surface area contributed by atoms with Gasteiger partial charge in [0.1, 0.15) is 5.82 Å². The lowest BCUT2D eigenvalue weighted by molar-refractivity contribution is 0.601. The van der Waals surface area contributed by atoms with Crippen molar-refractivity contribution >= 4 is 23.4 Å². The quantitative estimate of drug-likeness (QED) is 0.878. The summed E-state index contributed by atoms with van der Waals surface area (Å²) in [5.74, 6) is 0.311. The maximum atomic E-state index is 13.4. The highest BCUT2D eigenvalue weighted by Crippen LogP contribution is 2.28. The number of nitrogens with zero attached hydrogens (tertiary/aromatic N) is 2. The van der Waals surface area contributed by atoms with Crippen LogP contribution in [-0.2, 0) is 7.05 Å². The maximum Gasteiger partial charge on any atom is 0.136 e. The van der Waals surface area contributed by atoms with Gasteiger partial charge in [-0.25, -0.2) is 4.39 Å². The Balaban J connectivity index is 2.05. The summed E-state index contributed by atoms with van der Waals surface area (Å²) in [6.45, 7) is 0. The minimum Gasteiger partial charge on any atom is -0.322 e. The third-order valence-corrected chi connectivity index (χ3v) is 4.00. The predicted molar refractivity (Wildman–Crippen MR) is 72.3 cm³/mol. The van der Waals surface area contributed by atoms with Gasteiger partial charge in [0.25, 0.3) is 0 Å². The van der Waals surface area contributed by atoms with Crippen LogP contribution in [0.1, 0.15) is 11.7 Å². The van der Waals surface area contributed by atoms with Gasteiger partial charge in [0, 0.05) is 17.7 Å². The van der Waals surface area contributed by atoms with Crippen LogP contribution in [0.25, 0.3) is 0 Å². The van der Waals surface area contributed by atoms with E-state index in [0.717, 1.165) is 5.69 Å². The van der Waals surface area contributed by atoms with Crippen LogP contribution in [0.2, 0.25) is 5.02 Å². The molecule has 6 heteroatoms. The molecule has 0 spiro atoms. The van der Waals surface area contributed by atoms with Crippen LogP contribution in [-0.4, -0.2) is 15.5 Å². The standard InChI is InChI=1S/C12H13ClFN3S/c1-17-12(8(13)6-16-17)10(15)7-18-11-5-3-2-4-9(11)14/h2-6,10H,7,15H2,1H3. The van der Waals surface area contributed by atoms with Gasteiger partial charge < -0.3 is 5.73 Å². The molecule has 1 atom stereocenters. The molecular weight excluding hydrogens is 273 g/mol. The van der Waals surface area contributed by atoms with Crippen LogP contribution in [0.15, 0.2) is 35.4 Å². The molecule has 1 aromatic carbocycles. The average molecular weight is 286 g/mol. The molecular formula is C12H13ClFN3S. The van der Waals surface area contributed by atoms with Crippen LogP contribution in [0.3, 0.4) is 0 Å². The lowest BCUT2D eigenvalue weighted by atomic mass is 10.2. The number of aryl methyl sites for hydroxylation is 1. The second kappa shape index (κ2) is 5.73. The van der Waals surface area contributed by atoms with Crippen molar-refractivity contribution in [1.82, 2.24) is 9.78 Å². The normalized spacial score (nSPS) is 12.7. The molecule has 2 N–H and O–H groups in total. The Labute approximate surface area is 114 Å². The van der Waals surface area contributed by atoms with Gasteiger partial charge in [-0.05, 0) is 12.1 Å². The molecule has 18 heavy (non-hydrogen) atoms. The molecule has 1 unspecified atom stereocenters. The van der Waals surface area contributed by atoms with E-state index in [2.05, 4.69) is 5.10 Å². The SMILES string of the molecule is Cn1ncc(Cl)c1C(N)CSc1ccccc1F. The van der Waals surface area contributed by atoms with Crippen LogP contribution in [0, 0.1) is 5.82 Å². The van der Waals surface area contributed by atoms with Gasteiger partial charge in [-0.15, -0.1) is 11.8 Å². The van der Waals surface area contributed by atoms with E-state index in [4.69, 9.17) is 17.3 Å². The number of benzene rings is 1. The molecule has 0 aliphatic heterocycles. The fraction of sp³-hybridized carbons (Fsp3) is 0.250. The summed E-state index contributed by atoms with van der Waals surface area (Å²) in [5.41, 5.74) is 6.81. The van der Waals surface area contributed by atoms with Crippen molar-refractivity contribution < 1.29 is 4.39 Å². The summed E-state index contributed by atoms with van der Waals surface area (Å²) in [4.78, 5) is 0.589. The van der Waals surface area contributed by atoms with Crippen molar-refractivity contribution in [2.45, 2.75) is 10.9 Å². The summed E-state index contributed by atoms with van der Waals surface area (Å²) in [5, 5.41) is 4.57. The second-order valence-electron chi connectivity index (χ2n) is 3.85. The fourth-order valence-corrected chi connectivity index (χ4v) is 2.86. The largest absolute Gasteiger partial charge is 0.322 e. The van der Waals surface area contributed by atoms with Crippen molar-refractivity contribution in [3.8, 4) is 0 Å². The van der Waals surface area contributed by atoms with Crippen molar-refractivity contribution in [1.29, 1.82) is 0 Å². The molecule has 1 heterocycles. The molecule has 1 aromatic heterocycles. The Morgan fingerprint density at radius 1 is 1.50 bits per heavy atom. The lowest BCUT2D eigenvalue weighted by Gasteiger charge is -2.12. The minimum absolute atomic E-state index is 0.231. The smallest absolute Gasteiger partial charge is 0.136 e. The first-order chi connectivity index (χ1) is 8.59. The van der Waals surface area contributed by atoms with Gasteiger partial charge in [0.2, 0.25) is 0 Å². The fourth-order valence-electron chi connectivity index (χ4n) is 1.66. The zero-order valence-electron chi connectivity index (χ0n) is 9.81. The number of halogens is 2. The van der Waals surface area contributed by atoms with E-state index in [9.17, 15) is 4.39 Å². The van der Waals surface area contributed by atoms with E-state index in [1.807, 2.05) is 0 Å². The van der Waals surface area contributed by atoms with Gasteiger partial charge in [-0.1, -0.05) is 23.7 Å². The Bertz CT molecular complexity index is 524. The summed E-state index contributed by atoms with van der Waals surface area (Å²) >= 11 is 7.38. The highest BCUT2D eigenvalue weighted by Gasteiger charge is 2.16. The van der Waals surface area contributed by atoms with Crippen molar-refractivity contribution in [2.75, 3.05) is 5.75 Å². The topological polar surface area (TPSA) is 43.8 Å². The molecule has 3 nitrogen and oxygen atoms in total. The number of thioether (sulfide) groups is 1. The molecule has 2 rings (SSSR count). The molecule has 0 bridgehead atoms. The minimum atomic E-state index is -0.283. The molecule has 96 valence electrons. The second-order valence-corrected chi connectivity index (χ2v) is 5.32. The average Bonchev–Trinajstić information content (AvgIpc) is 2.68. The Morgan fingerprint density at radius 3 is 2.83 bits per heavy atom. The van der Waals surface area contributed by atoms with E-state index >= 15 is 0 Å². The van der Waals surface area contributed by atoms with E-state index in [0.29, 0.717) is 15.7 Å². The van der Waals surface area contributed by atoms with E-state index in [-0.39, 0.29) is 11.9 Å². The molecule has 0 radical (unpaired) electrons. The number of hydrogen-bond acceptors (Lipinski definition) is 3. The zero-order chi connectivity index (χ0) is 13.1. The predicted octanol–water partition coefficient (Wildman–Crippen LogP) is 3.00. The number of aromatic nitrogens is 2. The Hall–Kier alpha value is -1.04. The Kier molecular flexibility index (Phi) is 4.27. The van der Waals surface area contributed by atoms with E-state index in [1.54, 1.807) is 36.1 Å². The third-order valence-electron chi connectivity index (χ3n) is 2.54. The molecule has 2 aromatic rings. The third kappa shape index (κ3) is 2.85. The summed E-state index contributed by atoms with van der Waals surface area (Å²) < 4.78 is 15.1. The molecule has 0 aliphatic carbocycles. The number of hydrogen-bond donors (Lipinski definition) is 1. The van der Waals surface area contributed by atoms with Crippen molar-refractivity contribution in [3.63, 3.8) is 0 Å². The first kappa shape index (κ1) is 13.4. The monoisotopic (exact) mass is 285 g/mol. The zero-order valence-corrected chi connectivity index (χ0v) is 11.4. The summed E-state index contributed by atoms with van der Waals surface area (Å²) in [7, 11) is 1.79. The first-order valence-corrected chi connectivity index (χ1v) is 6.76. The highest BCUT2D eigenvalue weighted by molar-refractivity contribution is 7.99.